The van der Waals surface area contributed by atoms with Gasteiger partial charge >= 0.3 is 0 Å². The van der Waals surface area contributed by atoms with Gasteiger partial charge in [0.1, 0.15) is 0 Å². The molecular formula is C16H22N4O4S2. The predicted molar refractivity (Wildman–Crippen MR) is 96.5 cm³/mol. The van der Waals surface area contributed by atoms with Crippen molar-refractivity contribution in [3.05, 3.63) is 42.4 Å². The standard InChI is InChI=1S/C16H22N4O4S2/c1-14-4-6-15(7-5-14)25(21,22)19-8-3-9-20(11-10-19)26(23,24)16-12-18(2)13-17-16/h4-7,12-13H,3,8-11H2,1-2H3. The van der Waals surface area contributed by atoms with Crippen LogP contribution >= 0.6 is 0 Å². The minimum absolute atomic E-state index is 0.0187. The first-order valence-electron chi connectivity index (χ1n) is 8.26. The largest absolute Gasteiger partial charge is 0.339 e. The summed E-state index contributed by atoms with van der Waals surface area (Å²) in [6.45, 7) is 2.65. The summed E-state index contributed by atoms with van der Waals surface area (Å²) >= 11 is 0. The fourth-order valence-electron chi connectivity index (χ4n) is 2.86. The van der Waals surface area contributed by atoms with Crippen molar-refractivity contribution in [1.29, 1.82) is 0 Å². The monoisotopic (exact) mass is 398 g/mol. The van der Waals surface area contributed by atoms with Gasteiger partial charge in [-0.05, 0) is 25.5 Å². The molecule has 2 heterocycles. The lowest BCUT2D eigenvalue weighted by molar-refractivity contribution is 0.403. The second-order valence-electron chi connectivity index (χ2n) is 6.35. The lowest BCUT2D eigenvalue weighted by Crippen LogP contribution is -2.37. The molecule has 0 amide bonds. The van der Waals surface area contributed by atoms with Crippen molar-refractivity contribution in [3.63, 3.8) is 0 Å². The topological polar surface area (TPSA) is 92.6 Å². The van der Waals surface area contributed by atoms with Gasteiger partial charge in [0.05, 0.1) is 11.2 Å². The highest BCUT2D eigenvalue weighted by Gasteiger charge is 2.32. The first-order chi connectivity index (χ1) is 12.2. The number of benzene rings is 1. The Labute approximate surface area is 154 Å². The first kappa shape index (κ1) is 19.0. The van der Waals surface area contributed by atoms with Gasteiger partial charge < -0.3 is 4.57 Å². The normalized spacial score (nSPS) is 17.9. The molecule has 2 aromatic rings. The molecule has 1 aliphatic heterocycles. The van der Waals surface area contributed by atoms with Crippen molar-refractivity contribution in [1.82, 2.24) is 18.2 Å². The molecule has 1 fully saturated rings. The molecule has 142 valence electrons. The SMILES string of the molecule is Cc1ccc(S(=O)(=O)N2CCCN(S(=O)(=O)c3cn(C)cn3)CC2)cc1. The molecule has 0 radical (unpaired) electrons. The molecule has 0 spiro atoms. The molecule has 1 aliphatic rings. The van der Waals surface area contributed by atoms with Crippen LogP contribution in [0.3, 0.4) is 0 Å². The Morgan fingerprint density at radius 1 is 0.885 bits per heavy atom. The molecule has 3 rings (SSSR count). The number of imidazole rings is 1. The molecule has 1 aromatic carbocycles. The van der Waals surface area contributed by atoms with E-state index in [1.807, 2.05) is 6.92 Å². The van der Waals surface area contributed by atoms with Crippen molar-refractivity contribution >= 4 is 20.0 Å². The second kappa shape index (κ2) is 7.10. The van der Waals surface area contributed by atoms with E-state index in [1.165, 1.54) is 21.1 Å². The van der Waals surface area contributed by atoms with Crippen LogP contribution in [0, 0.1) is 6.92 Å². The average Bonchev–Trinajstić information content (AvgIpc) is 2.88. The van der Waals surface area contributed by atoms with Gasteiger partial charge in [0.15, 0.2) is 5.03 Å². The van der Waals surface area contributed by atoms with Gasteiger partial charge in [0.25, 0.3) is 10.0 Å². The Kier molecular flexibility index (Phi) is 5.20. The summed E-state index contributed by atoms with van der Waals surface area (Å²) in [5, 5.41) is -0.0187. The summed E-state index contributed by atoms with van der Waals surface area (Å²) in [6.07, 6.45) is 3.30. The number of hydrogen-bond donors (Lipinski definition) is 0. The summed E-state index contributed by atoms with van der Waals surface area (Å²) in [4.78, 5) is 4.14. The highest BCUT2D eigenvalue weighted by atomic mass is 32.2. The third-order valence-electron chi connectivity index (χ3n) is 4.36. The molecule has 8 nitrogen and oxygen atoms in total. The summed E-state index contributed by atoms with van der Waals surface area (Å²) in [5.74, 6) is 0. The molecule has 0 N–H and O–H groups in total. The lowest BCUT2D eigenvalue weighted by atomic mass is 10.2. The maximum Gasteiger partial charge on any atom is 0.262 e. The maximum atomic E-state index is 12.8. The predicted octanol–water partition coefficient (Wildman–Crippen LogP) is 0.814. The van der Waals surface area contributed by atoms with Crippen LogP contribution in [0.25, 0.3) is 0 Å². The minimum Gasteiger partial charge on any atom is -0.339 e. The molecular weight excluding hydrogens is 376 g/mol. The highest BCUT2D eigenvalue weighted by Crippen LogP contribution is 2.21. The summed E-state index contributed by atoms with van der Waals surface area (Å²) < 4.78 is 55.3. The second-order valence-corrected chi connectivity index (χ2v) is 10.2. The van der Waals surface area contributed by atoms with E-state index in [1.54, 1.807) is 35.9 Å². The Morgan fingerprint density at radius 2 is 1.46 bits per heavy atom. The number of hydrogen-bond acceptors (Lipinski definition) is 5. The lowest BCUT2D eigenvalue weighted by Gasteiger charge is -2.21. The third-order valence-corrected chi connectivity index (χ3v) is 8.06. The molecule has 1 aromatic heterocycles. The van der Waals surface area contributed by atoms with Crippen LogP contribution in [0.1, 0.15) is 12.0 Å². The van der Waals surface area contributed by atoms with E-state index in [4.69, 9.17) is 0 Å². The van der Waals surface area contributed by atoms with E-state index < -0.39 is 20.0 Å². The molecule has 0 unspecified atom stereocenters. The molecule has 10 heteroatoms. The maximum absolute atomic E-state index is 12.8. The van der Waals surface area contributed by atoms with Gasteiger partial charge in [0, 0.05) is 39.4 Å². The van der Waals surface area contributed by atoms with Gasteiger partial charge in [-0.2, -0.15) is 8.61 Å². The fourth-order valence-corrected chi connectivity index (χ4v) is 5.77. The minimum atomic E-state index is -3.72. The van der Waals surface area contributed by atoms with Gasteiger partial charge in [-0.3, -0.25) is 0 Å². The van der Waals surface area contributed by atoms with Crippen LogP contribution in [0.15, 0.2) is 46.7 Å². The van der Waals surface area contributed by atoms with E-state index in [-0.39, 0.29) is 36.1 Å². The van der Waals surface area contributed by atoms with Crippen molar-refractivity contribution in [2.24, 2.45) is 7.05 Å². The third kappa shape index (κ3) is 3.68. The van der Waals surface area contributed by atoms with Gasteiger partial charge in [-0.25, -0.2) is 21.8 Å². The summed E-state index contributed by atoms with van der Waals surface area (Å²) in [5.41, 5.74) is 0.979. The van der Waals surface area contributed by atoms with E-state index in [0.717, 1.165) is 5.56 Å². The Morgan fingerprint density at radius 3 is 2.00 bits per heavy atom. The number of aromatic nitrogens is 2. The fraction of sp³-hybridized carbons (Fsp3) is 0.438. The zero-order valence-corrected chi connectivity index (χ0v) is 16.4. The van der Waals surface area contributed by atoms with Gasteiger partial charge in [-0.1, -0.05) is 17.7 Å². The van der Waals surface area contributed by atoms with Crippen molar-refractivity contribution in [3.8, 4) is 0 Å². The number of aryl methyl sites for hydroxylation is 2. The first-order valence-corrected chi connectivity index (χ1v) is 11.1. The van der Waals surface area contributed by atoms with Crippen LogP contribution in [0.5, 0.6) is 0 Å². The zero-order chi connectivity index (χ0) is 18.9. The summed E-state index contributed by atoms with van der Waals surface area (Å²) in [6, 6.07) is 6.67. The van der Waals surface area contributed by atoms with E-state index >= 15 is 0 Å². The smallest absolute Gasteiger partial charge is 0.262 e. The van der Waals surface area contributed by atoms with Gasteiger partial charge in [0.2, 0.25) is 10.0 Å². The average molecular weight is 399 g/mol. The van der Waals surface area contributed by atoms with Crippen LogP contribution < -0.4 is 0 Å². The van der Waals surface area contributed by atoms with Crippen molar-refractivity contribution in [2.75, 3.05) is 26.2 Å². The molecule has 1 saturated heterocycles. The van der Waals surface area contributed by atoms with E-state index in [2.05, 4.69) is 4.98 Å². The number of nitrogens with zero attached hydrogens (tertiary/aromatic N) is 4. The van der Waals surface area contributed by atoms with Crippen LogP contribution in [-0.2, 0) is 27.1 Å². The van der Waals surface area contributed by atoms with Crippen LogP contribution in [-0.4, -0.2) is 61.2 Å². The Hall–Kier alpha value is -1.75. The zero-order valence-electron chi connectivity index (χ0n) is 14.7. The van der Waals surface area contributed by atoms with E-state index in [0.29, 0.717) is 6.42 Å². The van der Waals surface area contributed by atoms with Gasteiger partial charge in [-0.15, -0.1) is 0 Å². The van der Waals surface area contributed by atoms with Crippen LogP contribution in [0.4, 0.5) is 0 Å². The summed E-state index contributed by atoms with van der Waals surface area (Å²) in [7, 11) is -5.66. The number of sulfonamides is 2. The van der Waals surface area contributed by atoms with Crippen molar-refractivity contribution < 1.29 is 16.8 Å². The van der Waals surface area contributed by atoms with Crippen molar-refractivity contribution in [2.45, 2.75) is 23.3 Å². The van der Waals surface area contributed by atoms with Crippen LogP contribution in [0.2, 0.25) is 0 Å². The Bertz CT molecular complexity index is 982. The molecule has 26 heavy (non-hydrogen) atoms. The molecule has 0 aliphatic carbocycles. The molecule has 0 atom stereocenters. The number of rotatable bonds is 4. The molecule has 0 saturated carbocycles. The molecule has 0 bridgehead atoms. The van der Waals surface area contributed by atoms with E-state index in [9.17, 15) is 16.8 Å². The quantitative estimate of drug-likeness (QED) is 0.760. The Balaban J connectivity index is 1.79. The highest BCUT2D eigenvalue weighted by molar-refractivity contribution is 7.89.